The van der Waals surface area contributed by atoms with Crippen LogP contribution in [0.15, 0.2) is 67.4 Å². The number of carbonyl (C=O) groups is 1. The van der Waals surface area contributed by atoms with Gasteiger partial charge in [-0.05, 0) is 23.6 Å². The molecule has 2 fully saturated rings. The molecule has 7 heteroatoms. The first-order valence-electron chi connectivity index (χ1n) is 10.1. The Morgan fingerprint density at radius 1 is 0.931 bits per heavy atom. The molecule has 0 bridgehead atoms. The van der Waals surface area contributed by atoms with E-state index in [4.69, 9.17) is 0 Å². The number of nitrogens with zero attached hydrogens (tertiary/aromatic N) is 6. The minimum absolute atomic E-state index is 0.0323. The standard InChI is InChI=1S/C22H24N6O/c29-22(20-8-4-5-9-23-20)28-13-18-12-26(10-11-27-15-24-25-16-27)14-19(18)21(28)17-6-2-1-3-7-17/h1-9,15-16,18-19,21H,10-14H2/t18-,19-,21+/m0/s1. The molecule has 0 unspecified atom stereocenters. The molecule has 7 nitrogen and oxygen atoms in total. The fraction of sp³-hybridized carbons (Fsp3) is 0.364. The lowest BCUT2D eigenvalue weighted by molar-refractivity contribution is 0.0694. The molecule has 2 aliphatic heterocycles. The van der Waals surface area contributed by atoms with Crippen molar-refractivity contribution in [1.82, 2.24) is 29.5 Å². The monoisotopic (exact) mass is 388 g/mol. The summed E-state index contributed by atoms with van der Waals surface area (Å²) in [6.45, 7) is 4.66. The number of amides is 1. The van der Waals surface area contributed by atoms with Crippen LogP contribution in [0.4, 0.5) is 0 Å². The first-order valence-corrected chi connectivity index (χ1v) is 10.1. The van der Waals surface area contributed by atoms with Crippen LogP contribution in [-0.2, 0) is 6.54 Å². The molecule has 0 radical (unpaired) electrons. The van der Waals surface area contributed by atoms with E-state index < -0.39 is 0 Å². The summed E-state index contributed by atoms with van der Waals surface area (Å²) in [5.74, 6) is 0.949. The molecule has 1 aromatic carbocycles. The Labute approximate surface area is 170 Å². The molecule has 1 amide bonds. The van der Waals surface area contributed by atoms with E-state index in [2.05, 4.69) is 44.3 Å². The van der Waals surface area contributed by atoms with Gasteiger partial charge in [0, 0.05) is 44.8 Å². The van der Waals surface area contributed by atoms with Crippen molar-refractivity contribution >= 4 is 5.91 Å². The molecule has 0 N–H and O–H groups in total. The molecule has 0 spiro atoms. The van der Waals surface area contributed by atoms with Crippen LogP contribution >= 0.6 is 0 Å². The van der Waals surface area contributed by atoms with Gasteiger partial charge in [0.2, 0.25) is 0 Å². The van der Waals surface area contributed by atoms with E-state index in [1.807, 2.05) is 33.7 Å². The van der Waals surface area contributed by atoms with Gasteiger partial charge in [0.15, 0.2) is 0 Å². The number of hydrogen-bond acceptors (Lipinski definition) is 5. The van der Waals surface area contributed by atoms with Crippen molar-refractivity contribution in [2.24, 2.45) is 11.8 Å². The molecule has 3 atom stereocenters. The van der Waals surface area contributed by atoms with Crippen LogP contribution in [0.3, 0.4) is 0 Å². The van der Waals surface area contributed by atoms with E-state index >= 15 is 0 Å². The highest BCUT2D eigenvalue weighted by Crippen LogP contribution is 2.45. The van der Waals surface area contributed by atoms with Gasteiger partial charge in [-0.25, -0.2) is 0 Å². The predicted molar refractivity (Wildman–Crippen MR) is 108 cm³/mol. The summed E-state index contributed by atoms with van der Waals surface area (Å²) in [6.07, 6.45) is 5.21. The molecular formula is C22H24N6O. The summed E-state index contributed by atoms with van der Waals surface area (Å²) in [4.78, 5) is 22.1. The van der Waals surface area contributed by atoms with E-state index in [9.17, 15) is 4.79 Å². The second-order valence-corrected chi connectivity index (χ2v) is 7.91. The minimum Gasteiger partial charge on any atom is -0.330 e. The van der Waals surface area contributed by atoms with Gasteiger partial charge in [-0.15, -0.1) is 10.2 Å². The summed E-state index contributed by atoms with van der Waals surface area (Å²) < 4.78 is 2.01. The van der Waals surface area contributed by atoms with E-state index in [1.54, 1.807) is 18.9 Å². The average molecular weight is 388 g/mol. The van der Waals surface area contributed by atoms with E-state index in [0.29, 0.717) is 17.5 Å². The quantitative estimate of drug-likeness (QED) is 0.670. The Hall–Kier alpha value is -3.06. The zero-order chi connectivity index (χ0) is 19.6. The fourth-order valence-electron chi connectivity index (χ4n) is 4.84. The summed E-state index contributed by atoms with van der Waals surface area (Å²) in [7, 11) is 0. The van der Waals surface area contributed by atoms with E-state index in [1.165, 1.54) is 5.56 Å². The number of hydrogen-bond donors (Lipinski definition) is 0. The largest absolute Gasteiger partial charge is 0.330 e. The Balaban J connectivity index is 1.36. The molecule has 0 aliphatic carbocycles. The van der Waals surface area contributed by atoms with Crippen molar-refractivity contribution in [1.29, 1.82) is 0 Å². The summed E-state index contributed by atoms with van der Waals surface area (Å²) >= 11 is 0. The molecule has 2 saturated heterocycles. The van der Waals surface area contributed by atoms with Gasteiger partial charge in [-0.3, -0.25) is 9.78 Å². The second kappa shape index (κ2) is 7.75. The summed E-state index contributed by atoms with van der Waals surface area (Å²) in [5, 5.41) is 7.76. The molecule has 5 rings (SSSR count). The van der Waals surface area contributed by atoms with Crippen LogP contribution in [0.25, 0.3) is 0 Å². The van der Waals surface area contributed by atoms with Gasteiger partial charge >= 0.3 is 0 Å². The Kier molecular flexibility index (Phi) is 4.81. The third-order valence-electron chi connectivity index (χ3n) is 6.17. The molecule has 3 aromatic rings. The third-order valence-corrected chi connectivity index (χ3v) is 6.17. The lowest BCUT2D eigenvalue weighted by Gasteiger charge is -2.30. The molecule has 4 heterocycles. The van der Waals surface area contributed by atoms with E-state index in [0.717, 1.165) is 32.7 Å². The number of aromatic nitrogens is 4. The zero-order valence-electron chi connectivity index (χ0n) is 16.2. The molecule has 2 aliphatic rings. The summed E-state index contributed by atoms with van der Waals surface area (Å²) in [6, 6.07) is 16.1. The van der Waals surface area contributed by atoms with Crippen molar-refractivity contribution in [3.63, 3.8) is 0 Å². The van der Waals surface area contributed by atoms with Crippen LogP contribution in [0.5, 0.6) is 0 Å². The Bertz CT molecular complexity index is 946. The van der Waals surface area contributed by atoms with Gasteiger partial charge in [0.05, 0.1) is 6.04 Å². The maximum atomic E-state index is 13.3. The van der Waals surface area contributed by atoms with Crippen molar-refractivity contribution in [3.8, 4) is 0 Å². The van der Waals surface area contributed by atoms with Crippen LogP contribution in [0.1, 0.15) is 22.1 Å². The number of benzene rings is 1. The highest BCUT2D eigenvalue weighted by molar-refractivity contribution is 5.92. The van der Waals surface area contributed by atoms with Crippen LogP contribution in [0, 0.1) is 11.8 Å². The molecule has 0 saturated carbocycles. The first-order chi connectivity index (χ1) is 14.3. The molecule has 29 heavy (non-hydrogen) atoms. The SMILES string of the molecule is O=C(c1ccccn1)N1C[C@@H]2CN(CCn3cnnc3)C[C@@H]2[C@H]1c1ccccc1. The number of rotatable bonds is 5. The van der Waals surface area contributed by atoms with Crippen molar-refractivity contribution < 1.29 is 4.79 Å². The van der Waals surface area contributed by atoms with Gasteiger partial charge in [-0.2, -0.15) is 0 Å². The second-order valence-electron chi connectivity index (χ2n) is 7.91. The van der Waals surface area contributed by atoms with Gasteiger partial charge in [-0.1, -0.05) is 36.4 Å². The normalized spacial score (nSPS) is 24.0. The maximum Gasteiger partial charge on any atom is 0.272 e. The fourth-order valence-corrected chi connectivity index (χ4v) is 4.84. The van der Waals surface area contributed by atoms with E-state index in [-0.39, 0.29) is 11.9 Å². The first kappa shape index (κ1) is 18.0. The van der Waals surface area contributed by atoms with Gasteiger partial charge in [0.1, 0.15) is 18.3 Å². The number of fused-ring (bicyclic) bond motifs is 1. The lowest BCUT2D eigenvalue weighted by atomic mass is 9.89. The van der Waals surface area contributed by atoms with Crippen LogP contribution in [-0.4, -0.2) is 61.6 Å². The van der Waals surface area contributed by atoms with Crippen LogP contribution < -0.4 is 0 Å². The zero-order valence-corrected chi connectivity index (χ0v) is 16.2. The summed E-state index contributed by atoms with van der Waals surface area (Å²) in [5.41, 5.74) is 1.74. The van der Waals surface area contributed by atoms with Crippen molar-refractivity contribution in [3.05, 3.63) is 78.6 Å². The van der Waals surface area contributed by atoms with Gasteiger partial charge < -0.3 is 14.4 Å². The van der Waals surface area contributed by atoms with Crippen LogP contribution in [0.2, 0.25) is 0 Å². The lowest BCUT2D eigenvalue weighted by Crippen LogP contribution is -2.36. The highest BCUT2D eigenvalue weighted by atomic mass is 16.2. The molecular weight excluding hydrogens is 364 g/mol. The smallest absolute Gasteiger partial charge is 0.272 e. The topological polar surface area (TPSA) is 67.2 Å². The number of pyridine rings is 1. The molecule has 2 aromatic heterocycles. The van der Waals surface area contributed by atoms with Crippen molar-refractivity contribution in [2.75, 3.05) is 26.2 Å². The molecule has 148 valence electrons. The Morgan fingerprint density at radius 3 is 2.48 bits per heavy atom. The minimum atomic E-state index is 0.0323. The average Bonchev–Trinajstić information content (AvgIpc) is 3.49. The van der Waals surface area contributed by atoms with Gasteiger partial charge in [0.25, 0.3) is 5.91 Å². The predicted octanol–water partition coefficient (Wildman–Crippen LogP) is 2.12. The third kappa shape index (κ3) is 3.53. The Morgan fingerprint density at radius 2 is 1.72 bits per heavy atom. The number of carbonyl (C=O) groups excluding carboxylic acids is 1. The highest BCUT2D eigenvalue weighted by Gasteiger charge is 2.49. The van der Waals surface area contributed by atoms with Crippen molar-refractivity contribution in [2.45, 2.75) is 12.6 Å². The maximum absolute atomic E-state index is 13.3. The number of likely N-dealkylation sites (tertiary alicyclic amines) is 2.